The maximum atomic E-state index is 12.0. The Kier molecular flexibility index (Phi) is 4.94. The summed E-state index contributed by atoms with van der Waals surface area (Å²) in [6.45, 7) is 7.27. The van der Waals surface area contributed by atoms with Gasteiger partial charge in [0.1, 0.15) is 0 Å². The molecule has 0 radical (unpaired) electrons. The number of hydrogen-bond donors (Lipinski definition) is 2. The number of piperazine rings is 1. The van der Waals surface area contributed by atoms with E-state index in [1.54, 1.807) is 13.8 Å². The minimum atomic E-state index is -3.18. The Labute approximate surface area is 108 Å². The van der Waals surface area contributed by atoms with Crippen molar-refractivity contribution in [2.24, 2.45) is 10.9 Å². The van der Waals surface area contributed by atoms with Crippen LogP contribution in [0.15, 0.2) is 5.16 Å². The highest BCUT2D eigenvalue weighted by molar-refractivity contribution is 7.89. The van der Waals surface area contributed by atoms with E-state index >= 15 is 0 Å². The topological polar surface area (TPSA) is 99.2 Å². The Balaban J connectivity index is 2.62. The molecule has 1 heterocycles. The monoisotopic (exact) mass is 278 g/mol. The summed E-state index contributed by atoms with van der Waals surface area (Å²) in [4.78, 5) is 2.00. The van der Waals surface area contributed by atoms with Gasteiger partial charge in [-0.1, -0.05) is 5.16 Å². The molecule has 18 heavy (non-hydrogen) atoms. The van der Waals surface area contributed by atoms with Gasteiger partial charge in [0.15, 0.2) is 5.84 Å². The Hall–Kier alpha value is -0.860. The van der Waals surface area contributed by atoms with Crippen LogP contribution in [0.5, 0.6) is 0 Å². The normalized spacial score (nSPS) is 22.3. The highest BCUT2D eigenvalue weighted by atomic mass is 32.2. The Bertz CT molecular complexity index is 399. The molecule has 1 saturated heterocycles. The lowest BCUT2D eigenvalue weighted by molar-refractivity contribution is 0.170. The molecule has 0 aromatic carbocycles. The SMILES string of the molecule is CC(C(N)=NO)N1CCN(S(=O)(=O)C(C)C)CC1. The molecule has 0 aliphatic carbocycles. The molecule has 106 valence electrons. The second kappa shape index (κ2) is 5.85. The summed E-state index contributed by atoms with van der Waals surface area (Å²) in [5, 5.41) is 11.2. The fourth-order valence-corrected chi connectivity index (χ4v) is 3.18. The van der Waals surface area contributed by atoms with Crippen molar-refractivity contribution in [3.63, 3.8) is 0 Å². The molecule has 1 rings (SSSR count). The van der Waals surface area contributed by atoms with Gasteiger partial charge in [-0.05, 0) is 20.8 Å². The zero-order valence-electron chi connectivity index (χ0n) is 11.1. The molecule has 0 amide bonds. The highest BCUT2D eigenvalue weighted by Crippen LogP contribution is 2.13. The van der Waals surface area contributed by atoms with Gasteiger partial charge in [-0.3, -0.25) is 4.90 Å². The van der Waals surface area contributed by atoms with Gasteiger partial charge in [-0.2, -0.15) is 4.31 Å². The van der Waals surface area contributed by atoms with Gasteiger partial charge in [0, 0.05) is 26.2 Å². The summed E-state index contributed by atoms with van der Waals surface area (Å²) in [6.07, 6.45) is 0. The largest absolute Gasteiger partial charge is 0.409 e. The van der Waals surface area contributed by atoms with Crippen LogP contribution in [0.1, 0.15) is 20.8 Å². The maximum Gasteiger partial charge on any atom is 0.216 e. The predicted molar refractivity (Wildman–Crippen MR) is 70.1 cm³/mol. The zero-order chi connectivity index (χ0) is 13.9. The molecule has 3 N–H and O–H groups in total. The Morgan fingerprint density at radius 2 is 1.72 bits per heavy atom. The van der Waals surface area contributed by atoms with Crippen molar-refractivity contribution in [2.75, 3.05) is 26.2 Å². The van der Waals surface area contributed by atoms with Crippen LogP contribution in [0, 0.1) is 0 Å². The number of rotatable bonds is 4. The minimum absolute atomic E-state index is 0.148. The van der Waals surface area contributed by atoms with Crippen molar-refractivity contribution < 1.29 is 13.6 Å². The maximum absolute atomic E-state index is 12.0. The standard InChI is InChI=1S/C10H22N4O3S/c1-8(2)18(16,17)14-6-4-13(5-7-14)9(3)10(11)12-15/h8-9,15H,4-7H2,1-3H3,(H2,11,12). The van der Waals surface area contributed by atoms with E-state index in [0.717, 1.165) is 0 Å². The molecule has 1 fully saturated rings. The first kappa shape index (κ1) is 15.2. The minimum Gasteiger partial charge on any atom is -0.409 e. The molecule has 1 aliphatic rings. The summed E-state index contributed by atoms with van der Waals surface area (Å²) >= 11 is 0. The van der Waals surface area contributed by atoms with E-state index in [1.165, 1.54) is 4.31 Å². The van der Waals surface area contributed by atoms with Gasteiger partial charge in [-0.25, -0.2) is 8.42 Å². The van der Waals surface area contributed by atoms with E-state index in [9.17, 15) is 8.42 Å². The van der Waals surface area contributed by atoms with E-state index in [-0.39, 0.29) is 11.9 Å². The van der Waals surface area contributed by atoms with E-state index in [2.05, 4.69) is 5.16 Å². The molecule has 8 heteroatoms. The number of hydrogen-bond acceptors (Lipinski definition) is 5. The highest BCUT2D eigenvalue weighted by Gasteiger charge is 2.31. The van der Waals surface area contributed by atoms with E-state index in [4.69, 9.17) is 10.9 Å². The van der Waals surface area contributed by atoms with E-state index in [0.29, 0.717) is 26.2 Å². The third-order valence-electron chi connectivity index (χ3n) is 3.32. The van der Waals surface area contributed by atoms with Gasteiger partial charge >= 0.3 is 0 Å². The quantitative estimate of drug-likeness (QED) is 0.312. The second-order valence-electron chi connectivity index (χ2n) is 4.73. The molecular weight excluding hydrogens is 256 g/mol. The summed E-state index contributed by atoms with van der Waals surface area (Å²) in [5.74, 6) is 0.148. The number of nitrogens with two attached hydrogens (primary N) is 1. The predicted octanol–water partition coefficient (Wildman–Crippen LogP) is -0.523. The Morgan fingerprint density at radius 1 is 1.22 bits per heavy atom. The molecule has 0 saturated carbocycles. The molecule has 1 unspecified atom stereocenters. The van der Waals surface area contributed by atoms with Crippen LogP contribution >= 0.6 is 0 Å². The van der Waals surface area contributed by atoms with Gasteiger partial charge in [-0.15, -0.1) is 0 Å². The van der Waals surface area contributed by atoms with Crippen molar-refractivity contribution in [3.05, 3.63) is 0 Å². The molecular formula is C10H22N4O3S. The van der Waals surface area contributed by atoms with E-state index < -0.39 is 15.3 Å². The van der Waals surface area contributed by atoms with Gasteiger partial charge < -0.3 is 10.9 Å². The van der Waals surface area contributed by atoms with Crippen LogP contribution in [0.3, 0.4) is 0 Å². The third-order valence-corrected chi connectivity index (χ3v) is 5.60. The van der Waals surface area contributed by atoms with Crippen molar-refractivity contribution in [1.82, 2.24) is 9.21 Å². The molecule has 0 aromatic rings. The summed E-state index contributed by atoms with van der Waals surface area (Å²) in [5.41, 5.74) is 5.54. The molecule has 0 bridgehead atoms. The molecule has 7 nitrogen and oxygen atoms in total. The number of nitrogens with zero attached hydrogens (tertiary/aromatic N) is 3. The van der Waals surface area contributed by atoms with Crippen molar-refractivity contribution in [2.45, 2.75) is 32.1 Å². The fourth-order valence-electron chi connectivity index (χ4n) is 1.91. The summed E-state index contributed by atoms with van der Waals surface area (Å²) < 4.78 is 25.4. The number of oxime groups is 1. The van der Waals surface area contributed by atoms with Crippen molar-refractivity contribution >= 4 is 15.9 Å². The van der Waals surface area contributed by atoms with Crippen LogP contribution in [-0.4, -0.2) is 66.1 Å². The first-order chi connectivity index (χ1) is 8.30. The molecule has 0 spiro atoms. The molecule has 0 aromatic heterocycles. The first-order valence-corrected chi connectivity index (χ1v) is 7.51. The van der Waals surface area contributed by atoms with Gasteiger partial charge in [0.05, 0.1) is 11.3 Å². The number of amidine groups is 1. The molecule has 1 aliphatic heterocycles. The van der Waals surface area contributed by atoms with E-state index in [1.807, 2.05) is 11.8 Å². The van der Waals surface area contributed by atoms with Crippen LogP contribution in [0.4, 0.5) is 0 Å². The number of sulfonamides is 1. The van der Waals surface area contributed by atoms with Crippen LogP contribution in [0.2, 0.25) is 0 Å². The first-order valence-electron chi connectivity index (χ1n) is 6.01. The summed E-state index contributed by atoms with van der Waals surface area (Å²) in [7, 11) is -3.18. The van der Waals surface area contributed by atoms with Crippen LogP contribution in [-0.2, 0) is 10.0 Å². The lowest BCUT2D eigenvalue weighted by atomic mass is 10.2. The van der Waals surface area contributed by atoms with Gasteiger partial charge in [0.25, 0.3) is 0 Å². The Morgan fingerprint density at radius 3 is 2.11 bits per heavy atom. The average molecular weight is 278 g/mol. The fraction of sp³-hybridized carbons (Fsp3) is 0.900. The summed E-state index contributed by atoms with van der Waals surface area (Å²) in [6, 6.07) is -0.182. The lowest BCUT2D eigenvalue weighted by Crippen LogP contribution is -2.55. The zero-order valence-corrected chi connectivity index (χ0v) is 11.9. The van der Waals surface area contributed by atoms with Gasteiger partial charge in [0.2, 0.25) is 10.0 Å². The van der Waals surface area contributed by atoms with Crippen LogP contribution < -0.4 is 5.73 Å². The van der Waals surface area contributed by atoms with Crippen molar-refractivity contribution in [3.8, 4) is 0 Å². The molecule has 1 atom stereocenters. The lowest BCUT2D eigenvalue weighted by Gasteiger charge is -2.37. The van der Waals surface area contributed by atoms with Crippen molar-refractivity contribution in [1.29, 1.82) is 0 Å². The smallest absolute Gasteiger partial charge is 0.216 e. The average Bonchev–Trinajstić information content (AvgIpc) is 2.36. The second-order valence-corrected chi connectivity index (χ2v) is 7.22. The van der Waals surface area contributed by atoms with Crippen LogP contribution in [0.25, 0.3) is 0 Å². The third kappa shape index (κ3) is 3.12.